The molecule has 1 aromatic heterocycles. The Morgan fingerprint density at radius 2 is 1.82 bits per heavy atom. The van der Waals surface area contributed by atoms with Crippen molar-refractivity contribution < 1.29 is 9.84 Å². The van der Waals surface area contributed by atoms with Crippen LogP contribution in [0.1, 0.15) is 25.0 Å². The third-order valence-electron chi connectivity index (χ3n) is 3.25. The van der Waals surface area contributed by atoms with E-state index in [4.69, 9.17) is 4.74 Å². The largest absolute Gasteiger partial charge is 0.491 e. The minimum Gasteiger partial charge on any atom is -0.491 e. The number of ether oxygens (including phenoxy) is 1. The highest BCUT2D eigenvalue weighted by molar-refractivity contribution is 5.27. The molecule has 1 N–H and O–H groups in total. The van der Waals surface area contributed by atoms with Gasteiger partial charge in [-0.2, -0.15) is 0 Å². The summed E-state index contributed by atoms with van der Waals surface area (Å²) in [6.45, 7) is 6.39. The van der Waals surface area contributed by atoms with Gasteiger partial charge in [0.05, 0.1) is 12.7 Å². The fourth-order valence-electron chi connectivity index (χ4n) is 2.31. The summed E-state index contributed by atoms with van der Waals surface area (Å²) >= 11 is 0. The molecule has 0 spiro atoms. The molecule has 4 heteroatoms. The number of hydrogen-bond donors (Lipinski definition) is 1. The lowest BCUT2D eigenvalue weighted by Crippen LogP contribution is -2.26. The van der Waals surface area contributed by atoms with E-state index in [9.17, 15) is 5.11 Å². The Balaban J connectivity index is 1.98. The molecule has 0 unspecified atom stereocenters. The van der Waals surface area contributed by atoms with Gasteiger partial charge in [-0.1, -0.05) is 18.2 Å². The first kappa shape index (κ1) is 16.5. The number of rotatable bonds is 8. The molecular weight excluding hydrogens is 276 g/mol. The summed E-state index contributed by atoms with van der Waals surface area (Å²) in [5.74, 6) is 0.889. The van der Waals surface area contributed by atoms with Gasteiger partial charge in [-0.3, -0.25) is 9.88 Å². The monoisotopic (exact) mass is 300 g/mol. The van der Waals surface area contributed by atoms with Gasteiger partial charge in [0, 0.05) is 32.0 Å². The van der Waals surface area contributed by atoms with Crippen molar-refractivity contribution in [3.63, 3.8) is 0 Å². The first-order valence-corrected chi connectivity index (χ1v) is 7.65. The van der Waals surface area contributed by atoms with Crippen molar-refractivity contribution in [1.29, 1.82) is 0 Å². The quantitative estimate of drug-likeness (QED) is 0.814. The maximum Gasteiger partial charge on any atom is 0.119 e. The molecule has 0 amide bonds. The van der Waals surface area contributed by atoms with Crippen LogP contribution in [0.5, 0.6) is 5.75 Å². The summed E-state index contributed by atoms with van der Waals surface area (Å²) in [6, 6.07) is 12.1. The molecule has 0 saturated heterocycles. The lowest BCUT2D eigenvalue weighted by Gasteiger charge is -2.21. The van der Waals surface area contributed by atoms with Crippen LogP contribution in [0.3, 0.4) is 0 Å². The molecule has 2 aromatic rings. The highest BCUT2D eigenvalue weighted by Crippen LogP contribution is 2.16. The SMILES string of the molecule is CC(C)Oc1ccc(CN(CCO)Cc2cccnc2)cc1. The number of hydrogen-bond acceptors (Lipinski definition) is 4. The first-order chi connectivity index (χ1) is 10.7. The van der Waals surface area contributed by atoms with Gasteiger partial charge in [-0.15, -0.1) is 0 Å². The summed E-state index contributed by atoms with van der Waals surface area (Å²) in [4.78, 5) is 6.34. The number of aromatic nitrogens is 1. The lowest BCUT2D eigenvalue weighted by molar-refractivity contribution is 0.184. The Morgan fingerprint density at radius 1 is 1.09 bits per heavy atom. The minimum absolute atomic E-state index is 0.148. The smallest absolute Gasteiger partial charge is 0.119 e. The van der Waals surface area contributed by atoms with Crippen LogP contribution >= 0.6 is 0 Å². The van der Waals surface area contributed by atoms with Crippen LogP contribution in [0.25, 0.3) is 0 Å². The standard InChI is InChI=1S/C18H24N2O2/c1-15(2)22-18-7-5-16(6-8-18)13-20(10-11-21)14-17-4-3-9-19-12-17/h3-9,12,15,21H,10-11,13-14H2,1-2H3. The lowest BCUT2D eigenvalue weighted by atomic mass is 10.2. The van der Waals surface area contributed by atoms with Crippen LogP contribution in [-0.2, 0) is 13.1 Å². The molecule has 0 aliphatic carbocycles. The third kappa shape index (κ3) is 5.47. The second kappa shape index (κ2) is 8.51. The van der Waals surface area contributed by atoms with Gasteiger partial charge in [0.1, 0.15) is 5.75 Å². The van der Waals surface area contributed by atoms with Crippen molar-refractivity contribution in [2.24, 2.45) is 0 Å². The van der Waals surface area contributed by atoms with E-state index in [1.165, 1.54) is 5.56 Å². The molecule has 1 heterocycles. The predicted molar refractivity (Wildman–Crippen MR) is 87.6 cm³/mol. The summed E-state index contributed by atoms with van der Waals surface area (Å²) in [5, 5.41) is 9.26. The molecular formula is C18H24N2O2. The van der Waals surface area contributed by atoms with Crippen LogP contribution in [0, 0.1) is 0 Å². The molecule has 118 valence electrons. The Labute approximate surface area is 132 Å². The second-order valence-electron chi connectivity index (χ2n) is 5.61. The third-order valence-corrected chi connectivity index (χ3v) is 3.25. The van der Waals surface area contributed by atoms with E-state index in [0.29, 0.717) is 6.54 Å². The molecule has 0 atom stereocenters. The first-order valence-electron chi connectivity index (χ1n) is 7.65. The van der Waals surface area contributed by atoms with Crippen molar-refractivity contribution in [3.8, 4) is 5.75 Å². The zero-order valence-corrected chi connectivity index (χ0v) is 13.3. The number of aliphatic hydroxyl groups is 1. The maximum absolute atomic E-state index is 9.26. The Bertz CT molecular complexity index is 541. The number of aliphatic hydroxyl groups excluding tert-OH is 1. The summed E-state index contributed by atoms with van der Waals surface area (Å²) in [6.07, 6.45) is 3.82. The molecule has 0 bridgehead atoms. The highest BCUT2D eigenvalue weighted by atomic mass is 16.5. The van der Waals surface area contributed by atoms with E-state index in [0.717, 1.165) is 24.4 Å². The predicted octanol–water partition coefficient (Wildman–Crippen LogP) is 2.86. The van der Waals surface area contributed by atoms with Gasteiger partial charge >= 0.3 is 0 Å². The second-order valence-corrected chi connectivity index (χ2v) is 5.61. The fraction of sp³-hybridized carbons (Fsp3) is 0.389. The van der Waals surface area contributed by atoms with E-state index in [1.54, 1.807) is 6.20 Å². The topological polar surface area (TPSA) is 45.6 Å². The van der Waals surface area contributed by atoms with Crippen molar-refractivity contribution in [2.75, 3.05) is 13.2 Å². The summed E-state index contributed by atoms with van der Waals surface area (Å²) in [5.41, 5.74) is 2.35. The van der Waals surface area contributed by atoms with Gasteiger partial charge in [0.25, 0.3) is 0 Å². The van der Waals surface area contributed by atoms with Crippen LogP contribution in [-0.4, -0.2) is 34.2 Å². The van der Waals surface area contributed by atoms with Crippen molar-refractivity contribution in [1.82, 2.24) is 9.88 Å². The van der Waals surface area contributed by atoms with Gasteiger partial charge in [0.2, 0.25) is 0 Å². The average molecular weight is 300 g/mol. The van der Waals surface area contributed by atoms with E-state index in [2.05, 4.69) is 28.1 Å². The van der Waals surface area contributed by atoms with Crippen LogP contribution < -0.4 is 4.74 Å². The molecule has 0 saturated carbocycles. The van der Waals surface area contributed by atoms with E-state index >= 15 is 0 Å². The van der Waals surface area contributed by atoms with Gasteiger partial charge < -0.3 is 9.84 Å². The van der Waals surface area contributed by atoms with Gasteiger partial charge in [-0.05, 0) is 43.2 Å². The Kier molecular flexibility index (Phi) is 6.37. The molecule has 22 heavy (non-hydrogen) atoms. The summed E-state index contributed by atoms with van der Waals surface area (Å²) < 4.78 is 5.66. The van der Waals surface area contributed by atoms with Crippen LogP contribution in [0.15, 0.2) is 48.8 Å². The Hall–Kier alpha value is -1.91. The van der Waals surface area contributed by atoms with Crippen molar-refractivity contribution in [2.45, 2.75) is 33.0 Å². The molecule has 1 aromatic carbocycles. The highest BCUT2D eigenvalue weighted by Gasteiger charge is 2.07. The molecule has 0 fully saturated rings. The fourth-order valence-corrected chi connectivity index (χ4v) is 2.31. The number of nitrogens with zero attached hydrogens (tertiary/aromatic N) is 2. The van der Waals surface area contributed by atoms with Gasteiger partial charge in [-0.25, -0.2) is 0 Å². The van der Waals surface area contributed by atoms with E-state index in [1.807, 2.05) is 38.2 Å². The van der Waals surface area contributed by atoms with Crippen molar-refractivity contribution >= 4 is 0 Å². The number of benzene rings is 1. The molecule has 2 rings (SSSR count). The van der Waals surface area contributed by atoms with E-state index < -0.39 is 0 Å². The van der Waals surface area contributed by atoms with Crippen LogP contribution in [0.2, 0.25) is 0 Å². The molecule has 0 aliphatic heterocycles. The molecule has 4 nitrogen and oxygen atoms in total. The minimum atomic E-state index is 0.148. The summed E-state index contributed by atoms with van der Waals surface area (Å²) in [7, 11) is 0. The van der Waals surface area contributed by atoms with Gasteiger partial charge in [0.15, 0.2) is 0 Å². The normalized spacial score (nSPS) is 11.1. The van der Waals surface area contributed by atoms with E-state index in [-0.39, 0.29) is 12.7 Å². The van der Waals surface area contributed by atoms with Crippen LogP contribution in [0.4, 0.5) is 0 Å². The number of pyridine rings is 1. The average Bonchev–Trinajstić information content (AvgIpc) is 2.50. The molecule has 0 radical (unpaired) electrons. The zero-order chi connectivity index (χ0) is 15.8. The maximum atomic E-state index is 9.26. The zero-order valence-electron chi connectivity index (χ0n) is 13.3. The molecule has 0 aliphatic rings. The Morgan fingerprint density at radius 3 is 2.41 bits per heavy atom. The van der Waals surface area contributed by atoms with Crippen molar-refractivity contribution in [3.05, 3.63) is 59.9 Å².